The van der Waals surface area contributed by atoms with Crippen LogP contribution in [0.25, 0.3) is 0 Å². The molecule has 1 amide bonds. The third-order valence-corrected chi connectivity index (χ3v) is 1.92. The highest BCUT2D eigenvalue weighted by Gasteiger charge is 2.15. The number of ether oxygens (including phenoxy) is 1. The second-order valence-electron chi connectivity index (χ2n) is 3.12. The summed E-state index contributed by atoms with van der Waals surface area (Å²) in [4.78, 5) is 19.4. The Morgan fingerprint density at radius 2 is 2.47 bits per heavy atom. The van der Waals surface area contributed by atoms with Crippen molar-refractivity contribution in [2.24, 2.45) is 0 Å². The van der Waals surface area contributed by atoms with Crippen molar-refractivity contribution in [2.45, 2.75) is 13.8 Å². The van der Waals surface area contributed by atoms with Gasteiger partial charge in [0.25, 0.3) is 5.91 Å². The Bertz CT molecular complexity index is 518. The summed E-state index contributed by atoms with van der Waals surface area (Å²) in [5, 5.41) is 8.75. The van der Waals surface area contributed by atoms with Crippen molar-refractivity contribution >= 4 is 11.9 Å². The molecule has 0 bridgehead atoms. The largest absolute Gasteiger partial charge is 0.463 e. The highest BCUT2D eigenvalue weighted by Crippen LogP contribution is 2.10. The summed E-state index contributed by atoms with van der Waals surface area (Å²) in [6.07, 6.45) is 1.20. The van der Waals surface area contributed by atoms with Crippen LogP contribution >= 0.6 is 0 Å². The van der Waals surface area contributed by atoms with E-state index in [9.17, 15) is 4.79 Å². The number of aromatic nitrogens is 4. The van der Waals surface area contributed by atoms with Crippen LogP contribution in [0.15, 0.2) is 10.8 Å². The van der Waals surface area contributed by atoms with E-state index >= 15 is 0 Å². The molecule has 90 valence electrons. The lowest BCUT2D eigenvalue weighted by Gasteiger charge is -1.97. The fourth-order valence-corrected chi connectivity index (χ4v) is 1.18. The number of oxazole rings is 1. The van der Waals surface area contributed by atoms with Gasteiger partial charge in [-0.1, -0.05) is 0 Å². The quantitative estimate of drug-likeness (QED) is 0.812. The van der Waals surface area contributed by atoms with Gasteiger partial charge in [-0.3, -0.25) is 10.1 Å². The van der Waals surface area contributed by atoms with Gasteiger partial charge in [-0.15, -0.1) is 5.10 Å². The smallest absolute Gasteiger partial charge is 0.337 e. The lowest BCUT2D eigenvalue weighted by Crippen LogP contribution is -2.13. The average Bonchev–Trinajstić information content (AvgIpc) is 2.88. The van der Waals surface area contributed by atoms with Gasteiger partial charge in [-0.05, 0) is 13.8 Å². The normalized spacial score (nSPS) is 10.2. The van der Waals surface area contributed by atoms with Gasteiger partial charge in [0.05, 0.1) is 12.3 Å². The van der Waals surface area contributed by atoms with Crippen molar-refractivity contribution in [1.82, 2.24) is 20.2 Å². The summed E-state index contributed by atoms with van der Waals surface area (Å²) in [7, 11) is 0. The number of carbonyl (C=O) groups excluding carboxylic acids is 1. The molecular weight excluding hydrogens is 226 g/mol. The van der Waals surface area contributed by atoms with Crippen LogP contribution in [0.1, 0.15) is 23.2 Å². The lowest BCUT2D eigenvalue weighted by atomic mass is 10.3. The third kappa shape index (κ3) is 2.41. The maximum Gasteiger partial charge on any atom is 0.337 e. The van der Waals surface area contributed by atoms with Gasteiger partial charge in [0.2, 0.25) is 11.7 Å². The number of nitrogens with one attached hydrogen (secondary N) is 2. The minimum Gasteiger partial charge on any atom is -0.463 e. The predicted molar refractivity (Wildman–Crippen MR) is 56.7 cm³/mol. The fourth-order valence-electron chi connectivity index (χ4n) is 1.18. The molecule has 17 heavy (non-hydrogen) atoms. The minimum atomic E-state index is -0.445. The van der Waals surface area contributed by atoms with E-state index in [0.29, 0.717) is 12.3 Å². The van der Waals surface area contributed by atoms with Gasteiger partial charge in [-0.2, -0.15) is 4.98 Å². The number of hydrogen-bond donors (Lipinski definition) is 2. The second kappa shape index (κ2) is 4.64. The molecule has 0 aliphatic carbocycles. The monoisotopic (exact) mass is 237 g/mol. The van der Waals surface area contributed by atoms with Crippen LogP contribution < -0.4 is 10.1 Å². The Morgan fingerprint density at radius 1 is 1.65 bits per heavy atom. The summed E-state index contributed by atoms with van der Waals surface area (Å²) in [6.45, 7) is 3.93. The van der Waals surface area contributed by atoms with Crippen molar-refractivity contribution < 1.29 is 13.9 Å². The Morgan fingerprint density at radius 3 is 3.12 bits per heavy atom. The van der Waals surface area contributed by atoms with Gasteiger partial charge in [0.1, 0.15) is 0 Å². The van der Waals surface area contributed by atoms with Crippen molar-refractivity contribution in [1.29, 1.82) is 0 Å². The lowest BCUT2D eigenvalue weighted by molar-refractivity contribution is 0.0995. The molecule has 0 aromatic carbocycles. The Labute approximate surface area is 96.4 Å². The highest BCUT2D eigenvalue weighted by molar-refractivity contribution is 6.01. The van der Waals surface area contributed by atoms with Crippen LogP contribution in [0.4, 0.5) is 5.95 Å². The molecule has 0 radical (unpaired) electrons. The van der Waals surface area contributed by atoms with Crippen molar-refractivity contribution in [2.75, 3.05) is 11.9 Å². The van der Waals surface area contributed by atoms with Crippen LogP contribution in [-0.2, 0) is 0 Å². The molecule has 2 heterocycles. The molecule has 8 heteroatoms. The van der Waals surface area contributed by atoms with E-state index in [1.54, 1.807) is 6.92 Å². The van der Waals surface area contributed by atoms with Gasteiger partial charge >= 0.3 is 6.01 Å². The van der Waals surface area contributed by atoms with E-state index in [4.69, 9.17) is 9.15 Å². The maximum atomic E-state index is 11.7. The molecule has 0 unspecified atom stereocenters. The number of aromatic amines is 1. The average molecular weight is 237 g/mol. The zero-order valence-corrected chi connectivity index (χ0v) is 9.35. The summed E-state index contributed by atoms with van der Waals surface area (Å²) in [6, 6.07) is 0.178. The van der Waals surface area contributed by atoms with Gasteiger partial charge in [0.15, 0.2) is 6.39 Å². The molecule has 0 spiro atoms. The number of H-pyrrole nitrogens is 1. The molecule has 2 aromatic heterocycles. The Kier molecular flexibility index (Phi) is 3.03. The molecule has 0 saturated carbocycles. The van der Waals surface area contributed by atoms with Crippen LogP contribution in [-0.4, -0.2) is 32.7 Å². The number of aryl methyl sites for hydroxylation is 1. The number of rotatable bonds is 4. The zero-order chi connectivity index (χ0) is 12.3. The maximum absolute atomic E-state index is 11.7. The topological polar surface area (TPSA) is 106 Å². The van der Waals surface area contributed by atoms with Crippen LogP contribution in [0.2, 0.25) is 0 Å². The Balaban J connectivity index is 2.05. The fraction of sp³-hybridized carbons (Fsp3) is 0.333. The van der Waals surface area contributed by atoms with Crippen LogP contribution in [0.5, 0.6) is 6.01 Å². The molecule has 2 rings (SSSR count). The number of anilines is 1. The predicted octanol–water partition coefficient (Wildman–Crippen LogP) is 0.752. The molecule has 0 atom stereocenters. The van der Waals surface area contributed by atoms with Crippen molar-refractivity contribution in [3.63, 3.8) is 0 Å². The molecular formula is C9H11N5O3. The zero-order valence-electron chi connectivity index (χ0n) is 9.35. The first-order valence-electron chi connectivity index (χ1n) is 4.97. The molecule has 0 aliphatic heterocycles. The number of nitrogens with zero attached hydrogens (tertiary/aromatic N) is 3. The van der Waals surface area contributed by atoms with Crippen LogP contribution in [0.3, 0.4) is 0 Å². The van der Waals surface area contributed by atoms with Crippen molar-refractivity contribution in [3.8, 4) is 6.01 Å². The molecule has 2 N–H and O–H groups in total. The Hall–Kier alpha value is -2.38. The number of hydrogen-bond acceptors (Lipinski definition) is 6. The third-order valence-electron chi connectivity index (χ3n) is 1.92. The molecule has 0 saturated heterocycles. The van der Waals surface area contributed by atoms with E-state index in [2.05, 4.69) is 25.5 Å². The van der Waals surface area contributed by atoms with Gasteiger partial charge in [0, 0.05) is 0 Å². The molecule has 0 aliphatic rings. The first-order valence-corrected chi connectivity index (χ1v) is 4.97. The standard InChI is InChI=1S/C9H11N5O3/c1-3-16-9-12-8(13-14-9)11-7(15)6-5(2)10-4-17-6/h4H,3H2,1-2H3,(H2,11,12,13,14,15). The van der Waals surface area contributed by atoms with E-state index in [1.165, 1.54) is 6.39 Å². The summed E-state index contributed by atoms with van der Waals surface area (Å²) in [5.74, 6) is -0.118. The summed E-state index contributed by atoms with van der Waals surface area (Å²) >= 11 is 0. The summed E-state index contributed by atoms with van der Waals surface area (Å²) < 4.78 is 9.98. The van der Waals surface area contributed by atoms with Crippen LogP contribution in [0, 0.1) is 6.92 Å². The molecule has 0 fully saturated rings. The first kappa shape index (κ1) is 11.1. The van der Waals surface area contributed by atoms with E-state index in [-0.39, 0.29) is 17.7 Å². The number of carbonyl (C=O) groups is 1. The minimum absolute atomic E-state index is 0.138. The molecule has 2 aromatic rings. The molecule has 8 nitrogen and oxygen atoms in total. The first-order chi connectivity index (χ1) is 8.20. The van der Waals surface area contributed by atoms with E-state index in [1.807, 2.05) is 6.92 Å². The van der Waals surface area contributed by atoms with E-state index < -0.39 is 5.91 Å². The summed E-state index contributed by atoms with van der Waals surface area (Å²) in [5.41, 5.74) is 0.507. The number of amides is 1. The van der Waals surface area contributed by atoms with Gasteiger partial charge in [-0.25, -0.2) is 10.1 Å². The van der Waals surface area contributed by atoms with Crippen molar-refractivity contribution in [3.05, 3.63) is 17.8 Å². The van der Waals surface area contributed by atoms with E-state index in [0.717, 1.165) is 0 Å². The highest BCUT2D eigenvalue weighted by atomic mass is 16.5. The van der Waals surface area contributed by atoms with Gasteiger partial charge < -0.3 is 9.15 Å². The SMILES string of the molecule is CCOc1n[nH]c(NC(=O)c2ocnc2C)n1. The second-order valence-corrected chi connectivity index (χ2v) is 3.12.